The lowest BCUT2D eigenvalue weighted by Crippen LogP contribution is -2.21. The number of hydrogen-bond donors (Lipinski definition) is 1. The average Bonchev–Trinajstić information content (AvgIpc) is 2.62. The lowest BCUT2D eigenvalue weighted by atomic mass is 10.0. The smallest absolute Gasteiger partial charge is 0.124 e. The molecule has 1 aromatic carbocycles. The van der Waals surface area contributed by atoms with Gasteiger partial charge < -0.3 is 5.32 Å². The van der Waals surface area contributed by atoms with E-state index in [1.807, 2.05) is 25.7 Å². The summed E-state index contributed by atoms with van der Waals surface area (Å²) >= 11 is 7.01. The van der Waals surface area contributed by atoms with Crippen molar-refractivity contribution in [3.05, 3.63) is 49.9 Å². The molecule has 2 rings (SSSR count). The number of nitrogens with zero attached hydrogens (tertiary/aromatic N) is 2. The van der Waals surface area contributed by atoms with Gasteiger partial charge in [-0.2, -0.15) is 5.10 Å². The van der Waals surface area contributed by atoms with Crippen LogP contribution in [0.5, 0.6) is 0 Å². The highest BCUT2D eigenvalue weighted by atomic mass is 79.9. The van der Waals surface area contributed by atoms with Gasteiger partial charge in [-0.25, -0.2) is 4.39 Å². The van der Waals surface area contributed by atoms with Gasteiger partial charge in [0.1, 0.15) is 5.82 Å². The lowest BCUT2D eigenvalue weighted by molar-refractivity contribution is 0.555. The van der Waals surface area contributed by atoms with E-state index in [0.717, 1.165) is 32.3 Å². The summed E-state index contributed by atoms with van der Waals surface area (Å²) in [6, 6.07) is 4.85. The van der Waals surface area contributed by atoms with Crippen LogP contribution in [0.2, 0.25) is 0 Å². The largest absolute Gasteiger partial charge is 0.313 e. The van der Waals surface area contributed by atoms with Crippen LogP contribution in [0.15, 0.2) is 27.1 Å². The van der Waals surface area contributed by atoms with Crippen LogP contribution >= 0.6 is 31.9 Å². The fourth-order valence-corrected chi connectivity index (χ4v) is 3.37. The van der Waals surface area contributed by atoms with Gasteiger partial charge in [0, 0.05) is 24.0 Å². The Balaban J connectivity index is 2.33. The summed E-state index contributed by atoms with van der Waals surface area (Å²) in [5.41, 5.74) is 3.10. The molecule has 0 aliphatic heterocycles. The first-order chi connectivity index (χ1) is 9.43. The molecule has 0 aliphatic carbocycles. The number of halogens is 3. The van der Waals surface area contributed by atoms with Gasteiger partial charge >= 0.3 is 0 Å². The highest BCUT2D eigenvalue weighted by Crippen LogP contribution is 2.29. The van der Waals surface area contributed by atoms with Crippen LogP contribution in [-0.2, 0) is 13.5 Å². The highest BCUT2D eigenvalue weighted by molar-refractivity contribution is 9.10. The van der Waals surface area contributed by atoms with E-state index in [4.69, 9.17) is 0 Å². The fraction of sp³-hybridized carbons (Fsp3) is 0.357. The van der Waals surface area contributed by atoms with Gasteiger partial charge in [-0.15, -0.1) is 0 Å². The Kier molecular flexibility index (Phi) is 4.99. The zero-order valence-corrected chi connectivity index (χ0v) is 14.7. The molecule has 2 aromatic rings. The average molecular weight is 405 g/mol. The molecule has 0 amide bonds. The minimum Gasteiger partial charge on any atom is -0.313 e. The maximum atomic E-state index is 13.2. The Hall–Kier alpha value is -0.720. The maximum absolute atomic E-state index is 13.2. The van der Waals surface area contributed by atoms with Gasteiger partial charge in [0.25, 0.3) is 0 Å². The molecule has 1 aromatic heterocycles. The molecule has 1 unspecified atom stereocenters. The van der Waals surface area contributed by atoms with Crippen LogP contribution in [0, 0.1) is 12.7 Å². The Morgan fingerprint density at radius 3 is 2.60 bits per heavy atom. The number of rotatable bonds is 4. The fourth-order valence-electron chi connectivity index (χ4n) is 2.25. The van der Waals surface area contributed by atoms with Crippen molar-refractivity contribution in [3.8, 4) is 0 Å². The van der Waals surface area contributed by atoms with Crippen molar-refractivity contribution in [1.29, 1.82) is 0 Å². The molecule has 0 aliphatic rings. The number of nitrogens with one attached hydrogen (secondary N) is 1. The van der Waals surface area contributed by atoms with E-state index in [-0.39, 0.29) is 11.9 Å². The summed E-state index contributed by atoms with van der Waals surface area (Å²) in [5.74, 6) is -0.243. The monoisotopic (exact) mass is 403 g/mol. The van der Waals surface area contributed by atoms with E-state index in [1.54, 1.807) is 6.07 Å². The SMILES string of the molecule is CNC(Cc1c(Br)c(C)nn1C)c1ccc(F)cc1Br. The highest BCUT2D eigenvalue weighted by Gasteiger charge is 2.19. The molecule has 0 saturated heterocycles. The minimum absolute atomic E-state index is 0.0797. The zero-order chi connectivity index (χ0) is 14.9. The summed E-state index contributed by atoms with van der Waals surface area (Å²) in [7, 11) is 3.83. The minimum atomic E-state index is -0.243. The van der Waals surface area contributed by atoms with E-state index < -0.39 is 0 Å². The van der Waals surface area contributed by atoms with Crippen LogP contribution in [0.25, 0.3) is 0 Å². The van der Waals surface area contributed by atoms with Crippen LogP contribution in [0.4, 0.5) is 4.39 Å². The third-order valence-electron chi connectivity index (χ3n) is 3.35. The van der Waals surface area contributed by atoms with Gasteiger partial charge in [-0.1, -0.05) is 22.0 Å². The second-order valence-electron chi connectivity index (χ2n) is 4.68. The standard InChI is InChI=1S/C14H16Br2FN3/c1-8-14(16)13(20(3)19-8)7-12(18-2)10-5-4-9(17)6-11(10)15/h4-6,12,18H,7H2,1-3H3. The number of aryl methyl sites for hydroxylation is 2. The van der Waals surface area contributed by atoms with Crippen molar-refractivity contribution in [2.75, 3.05) is 7.05 Å². The van der Waals surface area contributed by atoms with Gasteiger partial charge in [-0.3, -0.25) is 4.68 Å². The summed E-state index contributed by atoms with van der Waals surface area (Å²) in [4.78, 5) is 0. The molecular weight excluding hydrogens is 389 g/mol. The van der Waals surface area contributed by atoms with E-state index in [2.05, 4.69) is 42.3 Å². The lowest BCUT2D eigenvalue weighted by Gasteiger charge is -2.18. The molecule has 0 fully saturated rings. The third-order valence-corrected chi connectivity index (χ3v) is 5.06. The maximum Gasteiger partial charge on any atom is 0.124 e. The molecule has 3 nitrogen and oxygen atoms in total. The molecule has 1 heterocycles. The molecule has 0 bridgehead atoms. The van der Waals surface area contributed by atoms with E-state index >= 15 is 0 Å². The van der Waals surface area contributed by atoms with Gasteiger partial charge in [0.2, 0.25) is 0 Å². The van der Waals surface area contributed by atoms with Crippen LogP contribution in [0.1, 0.15) is 23.0 Å². The van der Waals surface area contributed by atoms with Crippen LogP contribution in [-0.4, -0.2) is 16.8 Å². The molecule has 20 heavy (non-hydrogen) atoms. The third kappa shape index (κ3) is 3.13. The van der Waals surface area contributed by atoms with Crippen LogP contribution in [0.3, 0.4) is 0 Å². The van der Waals surface area contributed by atoms with Crippen molar-refractivity contribution in [3.63, 3.8) is 0 Å². The molecule has 6 heteroatoms. The molecular formula is C14H16Br2FN3. The van der Waals surface area contributed by atoms with Crippen LogP contribution < -0.4 is 5.32 Å². The number of likely N-dealkylation sites (N-methyl/N-ethyl adjacent to an activating group) is 1. The summed E-state index contributed by atoms with van der Waals surface area (Å²) in [5, 5.41) is 7.67. The Morgan fingerprint density at radius 1 is 1.40 bits per heavy atom. The first-order valence-electron chi connectivity index (χ1n) is 6.24. The molecule has 0 spiro atoms. The predicted octanol–water partition coefficient (Wildman–Crippen LogP) is 3.90. The van der Waals surface area contributed by atoms with Gasteiger partial charge in [0.15, 0.2) is 0 Å². The number of aromatic nitrogens is 2. The Labute approximate surface area is 134 Å². The normalized spacial score (nSPS) is 12.7. The van der Waals surface area contributed by atoms with E-state index in [1.165, 1.54) is 12.1 Å². The number of benzene rings is 1. The second kappa shape index (κ2) is 6.37. The Morgan fingerprint density at radius 2 is 2.10 bits per heavy atom. The van der Waals surface area contributed by atoms with Crippen molar-refractivity contribution in [2.45, 2.75) is 19.4 Å². The number of hydrogen-bond acceptors (Lipinski definition) is 2. The quantitative estimate of drug-likeness (QED) is 0.837. The summed E-state index contributed by atoms with van der Waals surface area (Å²) < 4.78 is 16.9. The molecule has 1 N–H and O–H groups in total. The Bertz CT molecular complexity index is 625. The first-order valence-corrected chi connectivity index (χ1v) is 7.82. The molecule has 0 radical (unpaired) electrons. The molecule has 1 atom stereocenters. The van der Waals surface area contributed by atoms with Gasteiger partial charge in [0.05, 0.1) is 15.9 Å². The first kappa shape index (κ1) is 15.7. The van der Waals surface area contributed by atoms with Crippen molar-refractivity contribution in [1.82, 2.24) is 15.1 Å². The second-order valence-corrected chi connectivity index (χ2v) is 6.33. The predicted molar refractivity (Wildman–Crippen MR) is 85.2 cm³/mol. The molecule has 0 saturated carbocycles. The van der Waals surface area contributed by atoms with E-state index in [0.29, 0.717) is 0 Å². The van der Waals surface area contributed by atoms with Crippen molar-refractivity contribution in [2.24, 2.45) is 7.05 Å². The van der Waals surface area contributed by atoms with E-state index in [9.17, 15) is 4.39 Å². The summed E-state index contributed by atoms with van der Waals surface area (Å²) in [6.07, 6.45) is 0.763. The summed E-state index contributed by atoms with van der Waals surface area (Å²) in [6.45, 7) is 1.97. The zero-order valence-electron chi connectivity index (χ0n) is 11.5. The van der Waals surface area contributed by atoms with Crippen molar-refractivity contribution >= 4 is 31.9 Å². The van der Waals surface area contributed by atoms with Crippen molar-refractivity contribution < 1.29 is 4.39 Å². The topological polar surface area (TPSA) is 29.9 Å². The van der Waals surface area contributed by atoms with Gasteiger partial charge in [-0.05, 0) is 47.6 Å². The molecule has 108 valence electrons.